The average molecular weight is 471 g/mol. The van der Waals surface area contributed by atoms with E-state index in [9.17, 15) is 14.7 Å². The van der Waals surface area contributed by atoms with Crippen molar-refractivity contribution in [3.05, 3.63) is 81.5 Å². The van der Waals surface area contributed by atoms with Crippen molar-refractivity contribution in [3.8, 4) is 0 Å². The van der Waals surface area contributed by atoms with Crippen LogP contribution in [0.2, 0.25) is 5.02 Å². The van der Waals surface area contributed by atoms with Gasteiger partial charge in [0.25, 0.3) is 0 Å². The van der Waals surface area contributed by atoms with Gasteiger partial charge in [-0.2, -0.15) is 4.98 Å². The van der Waals surface area contributed by atoms with Gasteiger partial charge in [0, 0.05) is 16.5 Å². The van der Waals surface area contributed by atoms with Crippen molar-refractivity contribution in [3.63, 3.8) is 0 Å². The van der Waals surface area contributed by atoms with Crippen molar-refractivity contribution in [2.45, 2.75) is 23.9 Å². The van der Waals surface area contributed by atoms with Gasteiger partial charge in [0.1, 0.15) is 6.04 Å². The molecular weight excluding hydrogens is 452 g/mol. The Morgan fingerprint density at radius 3 is 2.66 bits per heavy atom. The van der Waals surface area contributed by atoms with Gasteiger partial charge >= 0.3 is 11.9 Å². The smallest absolute Gasteiger partial charge is 0.338 e. The number of carboxylic acids is 1. The van der Waals surface area contributed by atoms with Gasteiger partial charge in [-0.1, -0.05) is 59.8 Å². The third kappa shape index (κ3) is 4.09. The molecule has 1 aromatic heterocycles. The Balaban J connectivity index is 1.77. The number of halogens is 1. The Morgan fingerprint density at radius 2 is 1.94 bits per heavy atom. The maximum absolute atomic E-state index is 12.7. The van der Waals surface area contributed by atoms with E-state index in [-0.39, 0.29) is 11.1 Å². The number of anilines is 1. The van der Waals surface area contributed by atoms with E-state index in [2.05, 4.69) is 15.4 Å². The summed E-state index contributed by atoms with van der Waals surface area (Å²) in [5, 5.41) is 18.5. The molecule has 0 saturated heterocycles. The molecule has 4 rings (SSSR count). The van der Waals surface area contributed by atoms with Gasteiger partial charge in [0.15, 0.2) is 0 Å². The van der Waals surface area contributed by atoms with Crippen LogP contribution in [0.1, 0.15) is 34.5 Å². The van der Waals surface area contributed by atoms with E-state index >= 15 is 0 Å². The first kappa shape index (κ1) is 21.9. The van der Waals surface area contributed by atoms with Crippen LogP contribution in [-0.4, -0.2) is 38.9 Å². The zero-order valence-electron chi connectivity index (χ0n) is 17.2. The molecule has 0 fully saturated rings. The van der Waals surface area contributed by atoms with E-state index in [1.165, 1.54) is 29.6 Å². The fourth-order valence-electron chi connectivity index (χ4n) is 3.54. The summed E-state index contributed by atoms with van der Waals surface area (Å²) in [7, 11) is 1.28. The van der Waals surface area contributed by atoms with Crippen molar-refractivity contribution in [2.24, 2.45) is 0 Å². The lowest BCUT2D eigenvalue weighted by Crippen LogP contribution is -2.30. The minimum Gasteiger partial charge on any atom is -0.478 e. The number of carbonyl (C=O) groups excluding carboxylic acids is 1. The van der Waals surface area contributed by atoms with Crippen molar-refractivity contribution in [1.82, 2.24) is 14.8 Å². The largest absolute Gasteiger partial charge is 0.478 e. The number of hydrogen-bond donors (Lipinski definition) is 2. The van der Waals surface area contributed by atoms with Crippen molar-refractivity contribution in [2.75, 3.05) is 12.4 Å². The summed E-state index contributed by atoms with van der Waals surface area (Å²) in [6.45, 7) is 1.72. The highest BCUT2D eigenvalue weighted by Crippen LogP contribution is 2.38. The third-order valence-electron chi connectivity index (χ3n) is 5.04. The molecule has 0 saturated carbocycles. The van der Waals surface area contributed by atoms with Crippen LogP contribution in [0.15, 0.2) is 65.0 Å². The molecule has 1 unspecified atom stereocenters. The van der Waals surface area contributed by atoms with Gasteiger partial charge in [0.2, 0.25) is 11.1 Å². The maximum Gasteiger partial charge on any atom is 0.338 e. The highest BCUT2D eigenvalue weighted by molar-refractivity contribution is 7.98. The fourth-order valence-corrected chi connectivity index (χ4v) is 4.66. The second kappa shape index (κ2) is 9.05. The number of aromatic carboxylic acids is 1. The lowest BCUT2D eigenvalue weighted by Gasteiger charge is -2.28. The SMILES string of the molecule is COC(=O)C1=C(C)Nc2nc(SCc3ccccc3Cl)nn2C1c1ccccc1C(=O)O. The van der Waals surface area contributed by atoms with E-state index < -0.39 is 18.0 Å². The molecule has 3 aromatic rings. The summed E-state index contributed by atoms with van der Waals surface area (Å²) in [6.07, 6.45) is 0. The minimum absolute atomic E-state index is 0.0697. The van der Waals surface area contributed by atoms with Crippen LogP contribution >= 0.6 is 23.4 Å². The molecular formula is C22H19ClN4O4S. The quantitative estimate of drug-likeness (QED) is 0.403. The van der Waals surface area contributed by atoms with E-state index in [0.717, 1.165) is 5.56 Å². The van der Waals surface area contributed by atoms with Crippen LogP contribution in [0.5, 0.6) is 0 Å². The molecule has 1 aliphatic heterocycles. The van der Waals surface area contributed by atoms with Crippen molar-refractivity contribution >= 4 is 41.2 Å². The molecule has 2 aromatic carbocycles. The number of fused-ring (bicyclic) bond motifs is 1. The second-order valence-electron chi connectivity index (χ2n) is 6.99. The molecule has 2 heterocycles. The monoisotopic (exact) mass is 470 g/mol. The second-order valence-corrected chi connectivity index (χ2v) is 8.34. The highest BCUT2D eigenvalue weighted by atomic mass is 35.5. The molecule has 0 spiro atoms. The van der Waals surface area contributed by atoms with Crippen molar-refractivity contribution < 1.29 is 19.4 Å². The van der Waals surface area contributed by atoms with Crippen LogP contribution in [0.25, 0.3) is 0 Å². The van der Waals surface area contributed by atoms with Gasteiger partial charge in [0.05, 0.1) is 18.2 Å². The van der Waals surface area contributed by atoms with E-state index in [0.29, 0.717) is 33.1 Å². The predicted molar refractivity (Wildman–Crippen MR) is 121 cm³/mol. The van der Waals surface area contributed by atoms with Crippen LogP contribution < -0.4 is 5.32 Å². The molecule has 0 aliphatic carbocycles. The molecule has 1 aliphatic rings. The average Bonchev–Trinajstić information content (AvgIpc) is 3.19. The summed E-state index contributed by atoms with van der Waals surface area (Å²) in [5.74, 6) is -0.722. The number of nitrogens with one attached hydrogen (secondary N) is 1. The number of hydrogen-bond acceptors (Lipinski definition) is 7. The van der Waals surface area contributed by atoms with Crippen molar-refractivity contribution in [1.29, 1.82) is 0 Å². The van der Waals surface area contributed by atoms with Gasteiger partial charge in [-0.3, -0.25) is 0 Å². The zero-order chi connectivity index (χ0) is 22.8. The number of rotatable bonds is 6. The standard InChI is InChI=1S/C22H19ClN4O4S/c1-12-17(20(30)31-2)18(14-8-4-5-9-15(14)19(28)29)27-21(24-12)25-22(26-27)32-11-13-7-3-6-10-16(13)23/h3-10,18H,11H2,1-2H3,(H,28,29)(H,24,25,26). The molecule has 8 nitrogen and oxygen atoms in total. The number of aromatic nitrogens is 3. The van der Waals surface area contributed by atoms with Crippen LogP contribution in [0.4, 0.5) is 5.95 Å². The molecule has 0 bridgehead atoms. The lowest BCUT2D eigenvalue weighted by atomic mass is 9.92. The Kier molecular flexibility index (Phi) is 6.20. The van der Waals surface area contributed by atoms with Crippen LogP contribution in [0, 0.1) is 0 Å². The molecule has 0 radical (unpaired) electrons. The number of benzene rings is 2. The van der Waals surface area contributed by atoms with E-state index in [4.69, 9.17) is 16.3 Å². The molecule has 2 N–H and O–H groups in total. The van der Waals surface area contributed by atoms with Gasteiger partial charge in [-0.15, -0.1) is 5.10 Å². The molecule has 164 valence electrons. The van der Waals surface area contributed by atoms with Gasteiger partial charge in [-0.25, -0.2) is 14.3 Å². The summed E-state index contributed by atoms with van der Waals surface area (Å²) < 4.78 is 6.51. The molecule has 32 heavy (non-hydrogen) atoms. The zero-order valence-corrected chi connectivity index (χ0v) is 18.8. The van der Waals surface area contributed by atoms with Gasteiger partial charge < -0.3 is 15.2 Å². The Morgan fingerprint density at radius 1 is 1.22 bits per heavy atom. The minimum atomic E-state index is -1.10. The predicted octanol–water partition coefficient (Wildman–Crippen LogP) is 4.38. The lowest BCUT2D eigenvalue weighted by molar-refractivity contribution is -0.136. The first-order chi connectivity index (χ1) is 15.4. The maximum atomic E-state index is 12.7. The Hall–Kier alpha value is -3.30. The summed E-state index contributed by atoms with van der Waals surface area (Å²) >= 11 is 7.63. The summed E-state index contributed by atoms with van der Waals surface area (Å²) in [4.78, 5) is 29.1. The van der Waals surface area contributed by atoms with Crippen LogP contribution in [0.3, 0.4) is 0 Å². The molecule has 1 atom stereocenters. The first-order valence-corrected chi connectivity index (χ1v) is 11.0. The number of esters is 1. The highest BCUT2D eigenvalue weighted by Gasteiger charge is 2.36. The summed E-state index contributed by atoms with van der Waals surface area (Å²) in [6, 6.07) is 13.2. The number of allylic oxidation sites excluding steroid dienone is 1. The summed E-state index contributed by atoms with van der Waals surface area (Å²) in [5.41, 5.74) is 2.21. The number of methoxy groups -OCH3 is 1. The van der Waals surface area contributed by atoms with Gasteiger partial charge in [-0.05, 0) is 30.2 Å². The number of carboxylic acid groups (broad SMARTS) is 1. The van der Waals surface area contributed by atoms with E-state index in [1.807, 2.05) is 24.3 Å². The molecule has 10 heteroatoms. The topological polar surface area (TPSA) is 106 Å². The molecule has 0 amide bonds. The third-order valence-corrected chi connectivity index (χ3v) is 6.29. The number of ether oxygens (including phenoxy) is 1. The van der Waals surface area contributed by atoms with Crippen LogP contribution in [-0.2, 0) is 15.3 Å². The van der Waals surface area contributed by atoms with E-state index in [1.54, 1.807) is 25.1 Å². The number of thioether (sulfide) groups is 1. The number of carbonyl (C=O) groups is 2. The number of nitrogens with zero attached hydrogens (tertiary/aromatic N) is 3. The normalized spacial score (nSPS) is 15.2. The Labute approximate surface area is 193 Å². The fraction of sp³-hybridized carbons (Fsp3) is 0.182. The first-order valence-electron chi connectivity index (χ1n) is 9.61. The Bertz CT molecular complexity index is 1240.